The van der Waals surface area contributed by atoms with Gasteiger partial charge in [0.25, 0.3) is 0 Å². The summed E-state index contributed by atoms with van der Waals surface area (Å²) < 4.78 is 6.26. The lowest BCUT2D eigenvalue weighted by atomic mass is 10.1. The quantitative estimate of drug-likeness (QED) is 0.381. The first kappa shape index (κ1) is 24.3. The largest absolute Gasteiger partial charge is 0.481 e. The van der Waals surface area contributed by atoms with Crippen LogP contribution in [0.5, 0.6) is 0 Å². The van der Waals surface area contributed by atoms with Crippen molar-refractivity contribution in [3.8, 4) is 0 Å². The van der Waals surface area contributed by atoms with Crippen molar-refractivity contribution in [1.82, 2.24) is 5.48 Å². The Labute approximate surface area is 168 Å². The van der Waals surface area contributed by atoms with Crippen LogP contribution in [0.3, 0.4) is 0 Å². The van der Waals surface area contributed by atoms with Crippen molar-refractivity contribution in [2.45, 2.75) is 77.0 Å². The second-order valence-electron chi connectivity index (χ2n) is 8.49. The van der Waals surface area contributed by atoms with Crippen LogP contribution in [0.15, 0.2) is 30.3 Å². The lowest BCUT2D eigenvalue weighted by Crippen LogP contribution is -2.46. The van der Waals surface area contributed by atoms with Crippen LogP contribution < -0.4 is 5.48 Å². The summed E-state index contributed by atoms with van der Waals surface area (Å²) in [5.41, 5.74) is 3.32. The van der Waals surface area contributed by atoms with Crippen LogP contribution in [0.1, 0.15) is 45.6 Å². The van der Waals surface area contributed by atoms with Gasteiger partial charge in [-0.15, -0.1) is 0 Å². The highest BCUT2D eigenvalue weighted by Gasteiger charge is 2.40. The molecule has 0 heterocycles. The minimum atomic E-state index is -2.20. The first-order valence-corrected chi connectivity index (χ1v) is 12.3. The van der Waals surface area contributed by atoms with Crippen molar-refractivity contribution < 1.29 is 29.1 Å². The van der Waals surface area contributed by atoms with E-state index in [4.69, 9.17) is 14.4 Å². The first-order chi connectivity index (χ1) is 12.9. The number of hydrogen-bond donors (Lipinski definition) is 3. The highest BCUT2D eigenvalue weighted by atomic mass is 28.4. The van der Waals surface area contributed by atoms with Crippen LogP contribution >= 0.6 is 0 Å². The van der Waals surface area contributed by atoms with Crippen molar-refractivity contribution in [2.75, 3.05) is 0 Å². The van der Waals surface area contributed by atoms with Crippen LogP contribution in [0.25, 0.3) is 0 Å². The lowest BCUT2D eigenvalue weighted by Gasteiger charge is -2.39. The third-order valence-corrected chi connectivity index (χ3v) is 9.43. The summed E-state index contributed by atoms with van der Waals surface area (Å²) in [5, 5.41) is 18.8. The summed E-state index contributed by atoms with van der Waals surface area (Å²) in [6.45, 7) is 10.6. The number of nitrogens with one attached hydrogen (secondary N) is 1. The van der Waals surface area contributed by atoms with E-state index in [9.17, 15) is 14.7 Å². The molecule has 1 aromatic rings. The first-order valence-electron chi connectivity index (χ1n) is 9.43. The molecular formula is C20H33NO6Si. The van der Waals surface area contributed by atoms with Crippen molar-refractivity contribution in [1.29, 1.82) is 0 Å². The molecule has 1 aromatic carbocycles. The van der Waals surface area contributed by atoms with Gasteiger partial charge in [-0.25, -0.2) is 5.48 Å². The van der Waals surface area contributed by atoms with Gasteiger partial charge in [0.2, 0.25) is 5.91 Å². The Kier molecular flexibility index (Phi) is 9.29. The van der Waals surface area contributed by atoms with E-state index in [1.807, 2.05) is 43.4 Å². The third-order valence-electron chi connectivity index (χ3n) is 4.89. The van der Waals surface area contributed by atoms with Crippen molar-refractivity contribution >= 4 is 20.2 Å². The molecule has 158 valence electrons. The zero-order chi connectivity index (χ0) is 21.4. The molecule has 0 bridgehead atoms. The van der Waals surface area contributed by atoms with Gasteiger partial charge in [-0.1, -0.05) is 51.1 Å². The Balaban J connectivity index is 2.66. The van der Waals surface area contributed by atoms with Gasteiger partial charge < -0.3 is 14.6 Å². The molecule has 7 nitrogen and oxygen atoms in total. The van der Waals surface area contributed by atoms with E-state index < -0.39 is 26.5 Å². The van der Waals surface area contributed by atoms with Gasteiger partial charge in [-0.05, 0) is 30.1 Å². The highest BCUT2D eigenvalue weighted by Crippen LogP contribution is 2.38. The third kappa shape index (κ3) is 8.96. The van der Waals surface area contributed by atoms with Gasteiger partial charge in [-0.2, -0.15) is 0 Å². The van der Waals surface area contributed by atoms with Crippen molar-refractivity contribution in [2.24, 2.45) is 0 Å². The van der Waals surface area contributed by atoms with E-state index in [1.165, 1.54) is 0 Å². The fourth-order valence-electron chi connectivity index (χ4n) is 2.38. The summed E-state index contributed by atoms with van der Waals surface area (Å²) in [5.74, 6) is -1.46. The molecule has 3 N–H and O–H groups in total. The van der Waals surface area contributed by atoms with Crippen LogP contribution in [0.2, 0.25) is 18.1 Å². The summed E-state index contributed by atoms with van der Waals surface area (Å²) in [6, 6.07) is 9.43. The Hall–Kier alpha value is -1.74. The number of rotatable bonds is 11. The summed E-state index contributed by atoms with van der Waals surface area (Å²) in [4.78, 5) is 28.4. The van der Waals surface area contributed by atoms with Crippen LogP contribution in [-0.2, 0) is 25.5 Å². The fraction of sp³-hybridized carbons (Fsp3) is 0.600. The molecule has 0 aliphatic carbocycles. The average Bonchev–Trinajstić information content (AvgIpc) is 2.53. The Morgan fingerprint density at radius 1 is 1.14 bits per heavy atom. The van der Waals surface area contributed by atoms with Gasteiger partial charge >= 0.3 is 5.97 Å². The molecule has 0 saturated carbocycles. The molecule has 2 unspecified atom stereocenters. The van der Waals surface area contributed by atoms with Gasteiger partial charge in [0.05, 0.1) is 31.7 Å². The van der Waals surface area contributed by atoms with Crippen LogP contribution in [0.4, 0.5) is 0 Å². The summed E-state index contributed by atoms with van der Waals surface area (Å²) in [7, 11) is -2.20. The second-order valence-corrected chi connectivity index (χ2v) is 13.2. The molecule has 0 radical (unpaired) electrons. The number of carbonyl (C=O) groups is 2. The number of benzene rings is 1. The summed E-state index contributed by atoms with van der Waals surface area (Å²) >= 11 is 0. The molecule has 1 amide bonds. The maximum atomic E-state index is 12.3. The summed E-state index contributed by atoms with van der Waals surface area (Å²) in [6.07, 6.45) is -1.99. The Bertz CT molecular complexity index is 629. The van der Waals surface area contributed by atoms with Crippen LogP contribution in [0, 0.1) is 0 Å². The van der Waals surface area contributed by atoms with E-state index in [0.717, 1.165) is 5.56 Å². The fourth-order valence-corrected chi connectivity index (χ4v) is 3.74. The molecule has 0 aliphatic rings. The highest BCUT2D eigenvalue weighted by molar-refractivity contribution is 6.74. The minimum absolute atomic E-state index is 0.0159. The van der Waals surface area contributed by atoms with Gasteiger partial charge in [0.1, 0.15) is 0 Å². The second kappa shape index (κ2) is 10.7. The molecular weight excluding hydrogens is 378 g/mol. The number of aliphatic hydroxyl groups is 1. The molecule has 1 rings (SSSR count). The molecule has 0 aromatic heterocycles. The molecule has 2 atom stereocenters. The maximum Gasteiger partial charge on any atom is 0.305 e. The standard InChI is InChI=1S/C20H33NO6Si/c1-20(2,3)28(4,5)27-17(11-16(22)12-19(24)25)13-18(23)21-26-14-15-9-7-6-8-10-15/h6-10,16-17,22H,11-14H2,1-5H3,(H,21,23)(H,24,25). The number of aliphatic hydroxyl groups excluding tert-OH is 1. The number of amides is 1. The van der Waals surface area contributed by atoms with Gasteiger partial charge in [0.15, 0.2) is 8.32 Å². The molecule has 8 heteroatoms. The molecule has 0 aliphatic heterocycles. The smallest absolute Gasteiger partial charge is 0.305 e. The number of aliphatic carboxylic acids is 1. The van der Waals surface area contributed by atoms with Crippen molar-refractivity contribution in [3.63, 3.8) is 0 Å². The lowest BCUT2D eigenvalue weighted by molar-refractivity contribution is -0.139. The Morgan fingerprint density at radius 3 is 2.29 bits per heavy atom. The number of hydrogen-bond acceptors (Lipinski definition) is 5. The zero-order valence-electron chi connectivity index (χ0n) is 17.4. The predicted molar refractivity (Wildman–Crippen MR) is 109 cm³/mol. The molecule has 28 heavy (non-hydrogen) atoms. The van der Waals surface area contributed by atoms with Crippen molar-refractivity contribution in [3.05, 3.63) is 35.9 Å². The number of carboxylic acids is 1. The van der Waals surface area contributed by atoms with Gasteiger partial charge in [0, 0.05) is 0 Å². The topological polar surface area (TPSA) is 105 Å². The van der Waals surface area contributed by atoms with E-state index in [1.54, 1.807) is 0 Å². The van der Waals surface area contributed by atoms with E-state index in [2.05, 4.69) is 26.3 Å². The maximum absolute atomic E-state index is 12.3. The van der Waals surface area contributed by atoms with Gasteiger partial charge in [-0.3, -0.25) is 14.4 Å². The zero-order valence-corrected chi connectivity index (χ0v) is 18.4. The average molecular weight is 412 g/mol. The predicted octanol–water partition coefficient (Wildman–Crippen LogP) is 3.24. The number of carboxylic acid groups (broad SMARTS) is 1. The van der Waals surface area contributed by atoms with E-state index in [-0.39, 0.29) is 36.8 Å². The normalized spacial score (nSPS) is 14.4. The molecule has 0 saturated heterocycles. The minimum Gasteiger partial charge on any atom is -0.481 e. The SMILES string of the molecule is CC(C)(C)[Si](C)(C)OC(CC(=O)NOCc1ccccc1)CC(O)CC(=O)O. The van der Waals surface area contributed by atoms with E-state index in [0.29, 0.717) is 0 Å². The Morgan fingerprint density at radius 2 is 1.75 bits per heavy atom. The number of carbonyl (C=O) groups excluding carboxylic acids is 1. The molecule has 0 spiro atoms. The van der Waals surface area contributed by atoms with E-state index >= 15 is 0 Å². The molecule has 0 fully saturated rings. The monoisotopic (exact) mass is 411 g/mol. The van der Waals surface area contributed by atoms with Crippen LogP contribution in [-0.4, -0.2) is 42.6 Å². The number of hydroxylamine groups is 1.